The number of nitrogens with one attached hydrogen (secondary N) is 2. The quantitative estimate of drug-likeness (QED) is 0.239. The molecule has 0 aromatic heterocycles. The Kier molecular flexibility index (Phi) is 11.3. The first-order chi connectivity index (χ1) is 12.5. The lowest BCUT2D eigenvalue weighted by Crippen LogP contribution is -2.39. The van der Waals surface area contributed by atoms with Gasteiger partial charge < -0.3 is 21.3 Å². The summed E-state index contributed by atoms with van der Waals surface area (Å²) in [7, 11) is 3.97. The van der Waals surface area contributed by atoms with Crippen molar-refractivity contribution in [3.05, 3.63) is 35.4 Å². The number of hydrogen-bond acceptors (Lipinski definition) is 3. The number of likely N-dealkylation sites (N-methyl/N-ethyl adjacent to an activating group) is 1. The molecule has 0 atom stereocenters. The average molecular weight is 487 g/mol. The van der Waals surface area contributed by atoms with Gasteiger partial charge in [-0.15, -0.1) is 24.0 Å². The predicted octanol–water partition coefficient (Wildman–Crippen LogP) is 2.72. The summed E-state index contributed by atoms with van der Waals surface area (Å²) < 4.78 is 0. The molecule has 1 aliphatic carbocycles. The number of aliphatic imine (C=N–C) groups is 1. The van der Waals surface area contributed by atoms with Gasteiger partial charge in [0.05, 0.1) is 6.54 Å². The Morgan fingerprint density at radius 3 is 2.59 bits per heavy atom. The molecule has 0 aliphatic heterocycles. The van der Waals surface area contributed by atoms with E-state index in [-0.39, 0.29) is 29.9 Å². The first kappa shape index (κ1) is 23.7. The van der Waals surface area contributed by atoms with Crippen LogP contribution >= 0.6 is 24.0 Å². The number of amides is 1. The largest absolute Gasteiger partial charge is 0.370 e. The van der Waals surface area contributed by atoms with Crippen LogP contribution in [0.25, 0.3) is 0 Å². The van der Waals surface area contributed by atoms with Crippen molar-refractivity contribution in [1.29, 1.82) is 0 Å². The Balaban J connectivity index is 0.00000364. The first-order valence-corrected chi connectivity index (χ1v) is 9.63. The summed E-state index contributed by atoms with van der Waals surface area (Å²) in [5.74, 6) is 0.444. The summed E-state index contributed by atoms with van der Waals surface area (Å²) in [4.78, 5) is 18.7. The van der Waals surface area contributed by atoms with Crippen LogP contribution in [0.1, 0.15) is 54.4 Å². The average Bonchev–Trinajstić information content (AvgIpc) is 2.88. The molecule has 0 heterocycles. The van der Waals surface area contributed by atoms with Crippen LogP contribution in [0.2, 0.25) is 0 Å². The maximum Gasteiger partial charge on any atom is 0.251 e. The molecule has 6 nitrogen and oxygen atoms in total. The van der Waals surface area contributed by atoms with E-state index in [1.54, 1.807) is 0 Å². The number of benzene rings is 1. The van der Waals surface area contributed by atoms with Gasteiger partial charge in [0.1, 0.15) is 0 Å². The van der Waals surface area contributed by atoms with E-state index in [0.29, 0.717) is 30.7 Å². The van der Waals surface area contributed by atoms with Crippen LogP contribution in [-0.4, -0.2) is 50.0 Å². The van der Waals surface area contributed by atoms with Crippen LogP contribution in [0, 0.1) is 0 Å². The van der Waals surface area contributed by atoms with Gasteiger partial charge in [-0.1, -0.05) is 37.8 Å². The number of nitrogens with two attached hydrogens (primary N) is 1. The number of hydrogen-bond donors (Lipinski definition) is 3. The fraction of sp³-hybridized carbons (Fsp3) is 0.600. The van der Waals surface area contributed by atoms with Gasteiger partial charge in [-0.2, -0.15) is 0 Å². The highest BCUT2D eigenvalue weighted by Gasteiger charge is 2.12. The van der Waals surface area contributed by atoms with Crippen LogP contribution < -0.4 is 16.4 Å². The van der Waals surface area contributed by atoms with Crippen molar-refractivity contribution >= 4 is 35.8 Å². The van der Waals surface area contributed by atoms with Gasteiger partial charge >= 0.3 is 0 Å². The maximum absolute atomic E-state index is 12.2. The molecule has 1 fully saturated rings. The third-order valence-electron chi connectivity index (χ3n) is 4.67. The van der Waals surface area contributed by atoms with Crippen molar-refractivity contribution in [2.45, 2.75) is 51.1 Å². The summed E-state index contributed by atoms with van der Waals surface area (Å²) in [5, 5.41) is 6.28. The van der Waals surface area contributed by atoms with Crippen molar-refractivity contribution in [2.75, 3.05) is 27.2 Å². The zero-order valence-corrected chi connectivity index (χ0v) is 18.9. The molecule has 0 saturated heterocycles. The molecule has 0 radical (unpaired) electrons. The molecule has 1 aromatic rings. The van der Waals surface area contributed by atoms with E-state index in [1.165, 1.54) is 38.5 Å². The van der Waals surface area contributed by atoms with Gasteiger partial charge in [0.2, 0.25) is 0 Å². The second-order valence-electron chi connectivity index (χ2n) is 7.29. The summed E-state index contributed by atoms with van der Waals surface area (Å²) in [5.41, 5.74) is 7.69. The highest BCUT2D eigenvalue weighted by molar-refractivity contribution is 14.0. The molecular formula is C20H34IN5O. The Labute approximate surface area is 180 Å². The fourth-order valence-electron chi connectivity index (χ4n) is 3.16. The molecule has 2 rings (SSSR count). The standard InChI is InChI=1S/C20H33N5O.HI/c1-25(2)13-12-22-19(26)17-9-7-8-16(14-17)15-23-20(21)24-18-10-5-3-4-6-11-18;/h7-9,14,18H,3-6,10-13,15H2,1-2H3,(H,22,26)(H3,21,23,24);1H. The predicted molar refractivity (Wildman–Crippen MR) is 123 cm³/mol. The van der Waals surface area contributed by atoms with Crippen molar-refractivity contribution in [3.63, 3.8) is 0 Å². The van der Waals surface area contributed by atoms with Gasteiger partial charge in [0.25, 0.3) is 5.91 Å². The summed E-state index contributed by atoms with van der Waals surface area (Å²) in [6.45, 7) is 1.93. The Bertz CT molecular complexity index is 598. The number of guanidine groups is 1. The van der Waals surface area contributed by atoms with Gasteiger partial charge in [-0.05, 0) is 44.6 Å². The molecule has 1 amide bonds. The van der Waals surface area contributed by atoms with Gasteiger partial charge in [0, 0.05) is 24.7 Å². The molecule has 0 unspecified atom stereocenters. The normalized spacial score (nSPS) is 15.7. The van der Waals surface area contributed by atoms with Gasteiger partial charge in [-0.3, -0.25) is 4.79 Å². The molecule has 0 bridgehead atoms. The monoisotopic (exact) mass is 487 g/mol. The topological polar surface area (TPSA) is 82.8 Å². The molecule has 1 aromatic carbocycles. The minimum absolute atomic E-state index is 0. The van der Waals surface area contributed by atoms with E-state index in [4.69, 9.17) is 5.73 Å². The Hall–Kier alpha value is -1.35. The molecule has 7 heteroatoms. The van der Waals surface area contributed by atoms with Crippen LogP contribution in [0.3, 0.4) is 0 Å². The zero-order chi connectivity index (χ0) is 18.8. The van der Waals surface area contributed by atoms with E-state index < -0.39 is 0 Å². The molecular weight excluding hydrogens is 453 g/mol. The molecule has 4 N–H and O–H groups in total. The third kappa shape index (κ3) is 9.41. The SMILES string of the molecule is CN(C)CCNC(=O)c1cccc(CN=C(N)NC2CCCCCC2)c1.I. The minimum Gasteiger partial charge on any atom is -0.370 e. The summed E-state index contributed by atoms with van der Waals surface area (Å²) in [6.07, 6.45) is 7.49. The number of carbonyl (C=O) groups is 1. The second kappa shape index (κ2) is 12.9. The molecule has 0 spiro atoms. The highest BCUT2D eigenvalue weighted by Crippen LogP contribution is 2.17. The van der Waals surface area contributed by atoms with E-state index in [1.807, 2.05) is 43.3 Å². The molecule has 27 heavy (non-hydrogen) atoms. The number of halogens is 1. The summed E-state index contributed by atoms with van der Waals surface area (Å²) in [6, 6.07) is 8.01. The van der Waals surface area contributed by atoms with Crippen molar-refractivity contribution in [1.82, 2.24) is 15.5 Å². The van der Waals surface area contributed by atoms with Crippen LogP contribution in [0.15, 0.2) is 29.3 Å². The maximum atomic E-state index is 12.2. The molecule has 152 valence electrons. The lowest BCUT2D eigenvalue weighted by Gasteiger charge is -2.16. The van der Waals surface area contributed by atoms with E-state index in [9.17, 15) is 4.79 Å². The van der Waals surface area contributed by atoms with E-state index in [0.717, 1.165) is 12.1 Å². The third-order valence-corrected chi connectivity index (χ3v) is 4.67. The molecule has 1 aliphatic rings. The lowest BCUT2D eigenvalue weighted by molar-refractivity contribution is 0.0951. The smallest absolute Gasteiger partial charge is 0.251 e. The Morgan fingerprint density at radius 2 is 1.93 bits per heavy atom. The summed E-state index contributed by atoms with van der Waals surface area (Å²) >= 11 is 0. The zero-order valence-electron chi connectivity index (χ0n) is 16.5. The Morgan fingerprint density at radius 1 is 1.22 bits per heavy atom. The van der Waals surface area contributed by atoms with E-state index in [2.05, 4.69) is 15.6 Å². The van der Waals surface area contributed by atoms with Gasteiger partial charge in [0.15, 0.2) is 5.96 Å². The van der Waals surface area contributed by atoms with E-state index >= 15 is 0 Å². The minimum atomic E-state index is -0.0535. The van der Waals surface area contributed by atoms with Crippen molar-refractivity contribution in [3.8, 4) is 0 Å². The second-order valence-corrected chi connectivity index (χ2v) is 7.29. The lowest BCUT2D eigenvalue weighted by atomic mass is 10.1. The number of rotatable bonds is 7. The van der Waals surface area contributed by atoms with Crippen molar-refractivity contribution in [2.24, 2.45) is 10.7 Å². The highest BCUT2D eigenvalue weighted by atomic mass is 127. The van der Waals surface area contributed by atoms with Crippen molar-refractivity contribution < 1.29 is 4.79 Å². The number of carbonyl (C=O) groups excluding carboxylic acids is 1. The first-order valence-electron chi connectivity index (χ1n) is 9.63. The van der Waals surface area contributed by atoms with Crippen LogP contribution in [-0.2, 0) is 6.54 Å². The molecule has 1 saturated carbocycles. The van der Waals surface area contributed by atoms with Crippen LogP contribution in [0.5, 0.6) is 0 Å². The van der Waals surface area contributed by atoms with Gasteiger partial charge in [-0.25, -0.2) is 4.99 Å². The fourth-order valence-corrected chi connectivity index (χ4v) is 3.16. The number of nitrogens with zero attached hydrogens (tertiary/aromatic N) is 2. The van der Waals surface area contributed by atoms with Crippen LogP contribution in [0.4, 0.5) is 0 Å².